The first-order chi connectivity index (χ1) is 10.8. The second-order valence-electron chi connectivity index (χ2n) is 7.08. The molecule has 0 bridgehead atoms. The Bertz CT molecular complexity index is 561. The molecule has 1 aromatic carbocycles. The minimum atomic E-state index is 0. The van der Waals surface area contributed by atoms with Crippen molar-refractivity contribution in [2.24, 2.45) is 0 Å². The molecule has 3 aliphatic rings. The molecule has 126 valence electrons. The van der Waals surface area contributed by atoms with Gasteiger partial charge >= 0.3 is 0 Å². The summed E-state index contributed by atoms with van der Waals surface area (Å²) >= 11 is 0. The van der Waals surface area contributed by atoms with Crippen LogP contribution in [0.15, 0.2) is 6.07 Å². The third-order valence-electron chi connectivity index (χ3n) is 5.59. The highest BCUT2D eigenvalue weighted by atomic mass is 35.5. The molecule has 0 atom stereocenters. The Morgan fingerprint density at radius 1 is 0.957 bits per heavy atom. The number of anilines is 1. The molecule has 1 heterocycles. The fraction of sp³-hybridized carbons (Fsp3) is 0.632. The molecule has 1 amide bonds. The number of likely N-dealkylation sites (tertiary alicyclic amines) is 1. The van der Waals surface area contributed by atoms with Crippen molar-refractivity contribution in [2.75, 3.05) is 25.0 Å². The third kappa shape index (κ3) is 3.41. The molecular formula is C19H27ClN2O. The van der Waals surface area contributed by atoms with E-state index in [4.69, 9.17) is 0 Å². The van der Waals surface area contributed by atoms with Gasteiger partial charge in [-0.15, -0.1) is 12.4 Å². The maximum absolute atomic E-state index is 12.4. The van der Waals surface area contributed by atoms with E-state index in [1.54, 1.807) is 0 Å². The molecule has 23 heavy (non-hydrogen) atoms. The Hall–Kier alpha value is -1.06. The number of carbonyl (C=O) groups is 1. The van der Waals surface area contributed by atoms with E-state index in [9.17, 15) is 4.79 Å². The molecule has 1 saturated heterocycles. The second kappa shape index (κ2) is 7.23. The van der Waals surface area contributed by atoms with Crippen LogP contribution in [0.4, 0.5) is 5.69 Å². The van der Waals surface area contributed by atoms with E-state index < -0.39 is 0 Å². The predicted octanol–water partition coefficient (Wildman–Crippen LogP) is 3.51. The zero-order valence-corrected chi connectivity index (χ0v) is 14.6. The van der Waals surface area contributed by atoms with Gasteiger partial charge in [-0.1, -0.05) is 6.07 Å². The lowest BCUT2D eigenvalue weighted by Gasteiger charge is -2.18. The molecule has 0 radical (unpaired) electrons. The summed E-state index contributed by atoms with van der Waals surface area (Å²) in [6.45, 7) is 3.26. The number of halogens is 1. The van der Waals surface area contributed by atoms with Crippen molar-refractivity contribution in [3.8, 4) is 0 Å². The minimum absolute atomic E-state index is 0. The number of carbonyl (C=O) groups excluding carboxylic acids is 1. The number of nitrogens with one attached hydrogen (secondary N) is 1. The van der Waals surface area contributed by atoms with Crippen LogP contribution in [0.1, 0.15) is 54.4 Å². The largest absolute Gasteiger partial charge is 0.326 e. The summed E-state index contributed by atoms with van der Waals surface area (Å²) in [4.78, 5) is 14.8. The van der Waals surface area contributed by atoms with Crippen molar-refractivity contribution in [2.45, 2.75) is 57.8 Å². The van der Waals surface area contributed by atoms with E-state index in [2.05, 4.69) is 16.3 Å². The van der Waals surface area contributed by atoms with Gasteiger partial charge in [-0.3, -0.25) is 4.79 Å². The normalized spacial score (nSPS) is 19.3. The number of benzene rings is 1. The lowest BCUT2D eigenvalue weighted by molar-refractivity contribution is -0.116. The molecule has 0 spiro atoms. The zero-order chi connectivity index (χ0) is 14.9. The van der Waals surface area contributed by atoms with Crippen LogP contribution in [0.2, 0.25) is 0 Å². The SMILES string of the molecule is Cl.O=C(CCN1CCCC1)Nc1c2c(cc3c1CCC3)CCC2. The van der Waals surface area contributed by atoms with Gasteiger partial charge in [0, 0.05) is 18.7 Å². The van der Waals surface area contributed by atoms with Gasteiger partial charge < -0.3 is 10.2 Å². The van der Waals surface area contributed by atoms with Crippen LogP contribution < -0.4 is 5.32 Å². The number of amides is 1. The van der Waals surface area contributed by atoms with Crippen LogP contribution >= 0.6 is 12.4 Å². The minimum Gasteiger partial charge on any atom is -0.326 e. The highest BCUT2D eigenvalue weighted by Gasteiger charge is 2.25. The average Bonchev–Trinajstić information content (AvgIpc) is 3.25. The molecule has 0 aromatic heterocycles. The van der Waals surface area contributed by atoms with Crippen LogP contribution in [-0.2, 0) is 30.5 Å². The number of fused-ring (bicyclic) bond motifs is 2. The van der Waals surface area contributed by atoms with Gasteiger partial charge in [-0.05, 0) is 86.7 Å². The summed E-state index contributed by atoms with van der Waals surface area (Å²) in [5.74, 6) is 0.210. The van der Waals surface area contributed by atoms with Gasteiger partial charge in [0.2, 0.25) is 5.91 Å². The van der Waals surface area contributed by atoms with Crippen molar-refractivity contribution in [3.05, 3.63) is 28.3 Å². The van der Waals surface area contributed by atoms with Gasteiger partial charge in [0.15, 0.2) is 0 Å². The van der Waals surface area contributed by atoms with Crippen LogP contribution in [0.5, 0.6) is 0 Å². The van der Waals surface area contributed by atoms with E-state index in [0.29, 0.717) is 6.42 Å². The predicted molar refractivity (Wildman–Crippen MR) is 96.7 cm³/mol. The number of hydrogen-bond acceptors (Lipinski definition) is 2. The lowest BCUT2D eigenvalue weighted by Crippen LogP contribution is -2.25. The van der Waals surface area contributed by atoms with E-state index in [0.717, 1.165) is 19.4 Å². The molecule has 1 aromatic rings. The first kappa shape index (κ1) is 16.8. The van der Waals surface area contributed by atoms with Gasteiger partial charge in [-0.25, -0.2) is 0 Å². The van der Waals surface area contributed by atoms with Gasteiger partial charge in [0.25, 0.3) is 0 Å². The maximum Gasteiger partial charge on any atom is 0.225 e. The van der Waals surface area contributed by atoms with Crippen molar-refractivity contribution < 1.29 is 4.79 Å². The molecule has 2 aliphatic carbocycles. The molecule has 1 fully saturated rings. The van der Waals surface area contributed by atoms with E-state index in [1.165, 1.54) is 79.6 Å². The smallest absolute Gasteiger partial charge is 0.225 e. The second-order valence-corrected chi connectivity index (χ2v) is 7.08. The summed E-state index contributed by atoms with van der Waals surface area (Å²) in [5.41, 5.74) is 7.07. The Kier molecular flexibility index (Phi) is 5.27. The van der Waals surface area contributed by atoms with Crippen LogP contribution in [0.25, 0.3) is 0 Å². The van der Waals surface area contributed by atoms with Crippen LogP contribution in [-0.4, -0.2) is 30.4 Å². The first-order valence-corrected chi connectivity index (χ1v) is 9.00. The number of aryl methyl sites for hydroxylation is 2. The molecule has 4 heteroatoms. The fourth-order valence-corrected chi connectivity index (χ4v) is 4.43. The summed E-state index contributed by atoms with van der Waals surface area (Å²) in [6.07, 6.45) is 10.4. The fourth-order valence-electron chi connectivity index (χ4n) is 4.43. The Morgan fingerprint density at radius 3 is 2.17 bits per heavy atom. The van der Waals surface area contributed by atoms with Crippen LogP contribution in [0.3, 0.4) is 0 Å². The quantitative estimate of drug-likeness (QED) is 0.913. The monoisotopic (exact) mass is 334 g/mol. The topological polar surface area (TPSA) is 32.3 Å². The number of rotatable bonds is 4. The van der Waals surface area contributed by atoms with Crippen molar-refractivity contribution in [1.82, 2.24) is 4.90 Å². The highest BCUT2D eigenvalue weighted by molar-refractivity contribution is 5.93. The first-order valence-electron chi connectivity index (χ1n) is 9.00. The van der Waals surface area contributed by atoms with Crippen molar-refractivity contribution in [3.63, 3.8) is 0 Å². The lowest BCUT2D eigenvalue weighted by atomic mass is 9.98. The standard InChI is InChI=1S/C19H26N2O.ClH/c22-18(9-12-21-10-1-2-11-21)20-19-16-7-3-5-14(16)13-15-6-4-8-17(15)19;/h13H,1-12H2,(H,20,22);1H. The molecule has 0 unspecified atom stereocenters. The van der Waals surface area contributed by atoms with Crippen molar-refractivity contribution >= 4 is 24.0 Å². The number of nitrogens with zero attached hydrogens (tertiary/aromatic N) is 1. The third-order valence-corrected chi connectivity index (χ3v) is 5.59. The summed E-state index contributed by atoms with van der Waals surface area (Å²) in [5, 5.41) is 3.30. The summed E-state index contributed by atoms with van der Waals surface area (Å²) < 4.78 is 0. The van der Waals surface area contributed by atoms with Gasteiger partial charge in [-0.2, -0.15) is 0 Å². The van der Waals surface area contributed by atoms with Gasteiger partial charge in [0.05, 0.1) is 0 Å². The Balaban J connectivity index is 0.00000156. The Labute approximate surface area is 145 Å². The maximum atomic E-state index is 12.4. The molecule has 3 nitrogen and oxygen atoms in total. The van der Waals surface area contributed by atoms with Crippen molar-refractivity contribution in [1.29, 1.82) is 0 Å². The van der Waals surface area contributed by atoms with Gasteiger partial charge in [0.1, 0.15) is 0 Å². The van der Waals surface area contributed by atoms with E-state index in [1.807, 2.05) is 0 Å². The summed E-state index contributed by atoms with van der Waals surface area (Å²) in [7, 11) is 0. The number of hydrogen-bond donors (Lipinski definition) is 1. The molecule has 0 saturated carbocycles. The van der Waals surface area contributed by atoms with E-state index >= 15 is 0 Å². The molecule has 1 N–H and O–H groups in total. The van der Waals surface area contributed by atoms with E-state index in [-0.39, 0.29) is 18.3 Å². The average molecular weight is 335 g/mol. The highest BCUT2D eigenvalue weighted by Crippen LogP contribution is 2.38. The zero-order valence-electron chi connectivity index (χ0n) is 13.8. The molecular weight excluding hydrogens is 308 g/mol. The Morgan fingerprint density at radius 2 is 1.57 bits per heavy atom. The molecule has 1 aliphatic heterocycles. The molecule has 4 rings (SSSR count). The van der Waals surface area contributed by atoms with Crippen LogP contribution in [0, 0.1) is 0 Å². The summed E-state index contributed by atoms with van der Waals surface area (Å²) in [6, 6.07) is 2.42.